The van der Waals surface area contributed by atoms with Gasteiger partial charge in [-0.2, -0.15) is 0 Å². The highest BCUT2D eigenvalue weighted by Gasteiger charge is 2.26. The third kappa shape index (κ3) is 10.4. The molecule has 6 aromatic heterocycles. The number of fused-ring (bicyclic) bond motifs is 3. The van der Waals surface area contributed by atoms with Crippen molar-refractivity contribution in [3.8, 4) is 30.6 Å². The normalized spacial score (nSPS) is 13.1. The quantitative estimate of drug-likeness (QED) is 0.0436. The van der Waals surface area contributed by atoms with Crippen molar-refractivity contribution in [2.45, 2.75) is 164 Å². The van der Waals surface area contributed by atoms with E-state index in [2.05, 4.69) is 90.9 Å². The predicted molar refractivity (Wildman–Crippen MR) is 273 cm³/mol. The second kappa shape index (κ2) is 21.3. The molecule has 0 N–H and O–H groups in total. The Morgan fingerprint density at radius 1 is 0.525 bits per heavy atom. The van der Waals surface area contributed by atoms with Crippen LogP contribution in [0.5, 0.6) is 0 Å². The highest BCUT2D eigenvalue weighted by Crippen LogP contribution is 2.55. The summed E-state index contributed by atoms with van der Waals surface area (Å²) in [7, 11) is 0. The number of hydrogen-bond acceptors (Lipinski definition) is 7. The first-order valence-corrected chi connectivity index (χ1v) is 27.9. The van der Waals surface area contributed by atoms with E-state index < -0.39 is 0 Å². The minimum Gasteiger partial charge on any atom is -0.293 e. The molecule has 1 nitrogen and oxygen atoms in total. The number of Topliss-reactive ketones (excluding diaryl/α,β-unsaturated/α-hetero) is 1. The molecule has 0 saturated carbocycles. The van der Waals surface area contributed by atoms with Crippen molar-refractivity contribution in [3.05, 3.63) is 66.9 Å². The van der Waals surface area contributed by atoms with Crippen molar-refractivity contribution in [2.75, 3.05) is 0 Å². The van der Waals surface area contributed by atoms with Crippen LogP contribution in [0.4, 0.5) is 0 Å². The molecule has 0 amide bonds. The van der Waals surface area contributed by atoms with Gasteiger partial charge in [-0.25, -0.2) is 0 Å². The van der Waals surface area contributed by atoms with Gasteiger partial charge in [0.1, 0.15) is 0 Å². The molecule has 0 aliphatic carbocycles. The third-order valence-corrected chi connectivity index (χ3v) is 19.6. The van der Waals surface area contributed by atoms with E-state index in [0.29, 0.717) is 12.2 Å². The largest absolute Gasteiger partial charge is 0.293 e. The molecular weight excluding hydrogens is 833 g/mol. The summed E-state index contributed by atoms with van der Waals surface area (Å²) in [5.41, 5.74) is 2.86. The van der Waals surface area contributed by atoms with E-state index in [1.807, 2.05) is 56.7 Å². The number of hydrogen-bond donors (Lipinski definition) is 0. The SMILES string of the molecule is CCCCCCCCCC(=O)c1cc2c(C)sc(-c3cc4c(-c5ccc(CC(CC)CCCC)s5)c5sc(C)cc5c(-c5ccc(CC(CC)CCCC)s5)c4s3)c2s1. The number of carbonyl (C=O) groups is 1. The van der Waals surface area contributed by atoms with Crippen LogP contribution in [0.15, 0.2) is 42.5 Å². The maximum Gasteiger partial charge on any atom is 0.172 e. The fourth-order valence-corrected chi connectivity index (χ4v) is 16.4. The van der Waals surface area contributed by atoms with Crippen molar-refractivity contribution in [2.24, 2.45) is 11.8 Å². The van der Waals surface area contributed by atoms with Crippen LogP contribution in [0.3, 0.4) is 0 Å². The summed E-state index contributed by atoms with van der Waals surface area (Å²) < 4.78 is 4.16. The Balaban J connectivity index is 1.31. The second-order valence-corrected chi connectivity index (χ2v) is 24.0. The van der Waals surface area contributed by atoms with Gasteiger partial charge < -0.3 is 0 Å². The van der Waals surface area contributed by atoms with Crippen molar-refractivity contribution in [3.63, 3.8) is 0 Å². The fraction of sp³-hybridized carbons (Fsp3) is 0.519. The Hall–Kier alpha value is -2.13. The van der Waals surface area contributed by atoms with E-state index in [1.54, 1.807) is 11.3 Å². The smallest absolute Gasteiger partial charge is 0.172 e. The molecule has 6 heterocycles. The molecule has 0 spiro atoms. The molecule has 7 rings (SSSR count). The van der Waals surface area contributed by atoms with E-state index in [0.717, 1.165) is 29.6 Å². The lowest BCUT2D eigenvalue weighted by Crippen LogP contribution is -2.01. The van der Waals surface area contributed by atoms with Gasteiger partial charge in [0.25, 0.3) is 0 Å². The van der Waals surface area contributed by atoms with Crippen LogP contribution in [-0.2, 0) is 12.8 Å². The standard InChI is InChI=1S/C52H66OS6/c1-8-13-16-17-18-19-20-23-42(53)45-31-39-34(7)55-52(51(39)58-45)46-32-41-48(44-27-25-38(57-44)30-36(12-5)22-15-10-3)49-40(28-33(6)54-49)47(50(41)59-46)43-26-24-37(56-43)29-35(11-4)21-14-9-2/h24-28,31-32,35-36H,8-23,29-30H2,1-7H3. The molecule has 0 aliphatic heterocycles. The third-order valence-electron chi connectivity index (χ3n) is 12.5. The van der Waals surface area contributed by atoms with Gasteiger partial charge in [-0.05, 0) is 87.4 Å². The molecule has 2 unspecified atom stereocenters. The number of rotatable bonds is 24. The van der Waals surface area contributed by atoms with Gasteiger partial charge >= 0.3 is 0 Å². The Labute approximate surface area is 379 Å². The van der Waals surface area contributed by atoms with Gasteiger partial charge in [0, 0.05) is 77.2 Å². The lowest BCUT2D eigenvalue weighted by Gasteiger charge is -2.13. The number of unbranched alkanes of at least 4 members (excludes halogenated alkanes) is 8. The average molecular weight is 900 g/mol. The summed E-state index contributed by atoms with van der Waals surface area (Å²) in [4.78, 5) is 25.8. The zero-order valence-electron chi connectivity index (χ0n) is 36.8. The van der Waals surface area contributed by atoms with Gasteiger partial charge in [0.2, 0.25) is 0 Å². The van der Waals surface area contributed by atoms with E-state index in [-0.39, 0.29) is 0 Å². The van der Waals surface area contributed by atoms with E-state index in [1.165, 1.54) is 177 Å². The lowest BCUT2D eigenvalue weighted by atomic mass is 9.95. The van der Waals surface area contributed by atoms with Crippen molar-refractivity contribution >= 4 is 104 Å². The second-order valence-electron chi connectivity index (χ2n) is 17.1. The maximum absolute atomic E-state index is 13.6. The topological polar surface area (TPSA) is 17.1 Å². The predicted octanol–water partition coefficient (Wildman–Crippen LogP) is 20.0. The van der Waals surface area contributed by atoms with Gasteiger partial charge in [0.15, 0.2) is 5.78 Å². The molecule has 0 saturated heterocycles. The number of benzene rings is 1. The molecule has 316 valence electrons. The average Bonchev–Trinajstić information content (AvgIpc) is 4.10. The van der Waals surface area contributed by atoms with E-state index >= 15 is 0 Å². The summed E-state index contributed by atoms with van der Waals surface area (Å²) in [6, 6.07) is 17.0. The van der Waals surface area contributed by atoms with E-state index in [9.17, 15) is 4.79 Å². The number of ketones is 1. The molecular formula is C52H66OS6. The maximum atomic E-state index is 13.6. The van der Waals surface area contributed by atoms with Crippen LogP contribution < -0.4 is 0 Å². The fourth-order valence-electron chi connectivity index (χ4n) is 8.93. The summed E-state index contributed by atoms with van der Waals surface area (Å²) in [6.07, 6.45) is 22.0. The number of carbonyl (C=O) groups excluding carboxylic acids is 1. The summed E-state index contributed by atoms with van der Waals surface area (Å²) in [6.45, 7) is 16.2. The highest BCUT2D eigenvalue weighted by molar-refractivity contribution is 7.32. The Morgan fingerprint density at radius 3 is 1.68 bits per heavy atom. The Bertz CT molecular complexity index is 2320. The highest BCUT2D eigenvalue weighted by atomic mass is 32.1. The molecule has 0 fully saturated rings. The molecule has 0 aliphatic rings. The van der Waals surface area contributed by atoms with Crippen LogP contribution in [0.25, 0.3) is 60.9 Å². The zero-order valence-corrected chi connectivity index (χ0v) is 41.7. The van der Waals surface area contributed by atoms with E-state index in [4.69, 9.17) is 0 Å². The molecule has 7 aromatic rings. The monoisotopic (exact) mass is 898 g/mol. The summed E-state index contributed by atoms with van der Waals surface area (Å²) in [5, 5.41) is 4.09. The molecule has 0 bridgehead atoms. The summed E-state index contributed by atoms with van der Waals surface area (Å²) in [5.74, 6) is 1.84. The van der Waals surface area contributed by atoms with Crippen LogP contribution in [0, 0.1) is 25.7 Å². The van der Waals surface area contributed by atoms with Crippen LogP contribution in [0.2, 0.25) is 0 Å². The molecule has 0 radical (unpaired) electrons. The minimum atomic E-state index is 0.327. The summed E-state index contributed by atoms with van der Waals surface area (Å²) >= 11 is 11.7. The molecule has 7 heteroatoms. The van der Waals surface area contributed by atoms with Crippen molar-refractivity contribution in [1.29, 1.82) is 0 Å². The number of aryl methyl sites for hydroxylation is 2. The lowest BCUT2D eigenvalue weighted by molar-refractivity contribution is 0.0983. The number of thiophene rings is 6. The van der Waals surface area contributed by atoms with Crippen LogP contribution >= 0.6 is 68.0 Å². The van der Waals surface area contributed by atoms with Gasteiger partial charge in [-0.1, -0.05) is 125 Å². The first-order chi connectivity index (χ1) is 28.8. The van der Waals surface area contributed by atoms with Crippen molar-refractivity contribution in [1.82, 2.24) is 0 Å². The Morgan fingerprint density at radius 2 is 1.08 bits per heavy atom. The van der Waals surface area contributed by atoms with Crippen LogP contribution in [0.1, 0.15) is 167 Å². The molecule has 59 heavy (non-hydrogen) atoms. The minimum absolute atomic E-state index is 0.327. The molecule has 2 atom stereocenters. The zero-order chi connectivity index (χ0) is 41.5. The van der Waals surface area contributed by atoms with Gasteiger partial charge in [-0.3, -0.25) is 4.79 Å². The Kier molecular flexibility index (Phi) is 16.2. The first kappa shape index (κ1) is 44.9. The van der Waals surface area contributed by atoms with Gasteiger partial charge in [0.05, 0.1) is 14.5 Å². The first-order valence-electron chi connectivity index (χ1n) is 23.0. The van der Waals surface area contributed by atoms with Crippen LogP contribution in [-0.4, -0.2) is 5.78 Å². The van der Waals surface area contributed by atoms with Crippen molar-refractivity contribution < 1.29 is 4.79 Å². The molecule has 1 aromatic carbocycles. The van der Waals surface area contributed by atoms with Gasteiger partial charge in [-0.15, -0.1) is 68.0 Å².